The summed E-state index contributed by atoms with van der Waals surface area (Å²) in [7, 11) is 0. The lowest BCUT2D eigenvalue weighted by atomic mass is 9.93. The molecule has 3 amide bonds. The molecule has 1 atom stereocenters. The molecule has 2 rings (SSSR count). The number of hydrogen-bond donors (Lipinski definition) is 4. The molecule has 4 N–H and O–H groups in total. The molecule has 1 aromatic rings. The number of aryl methyl sites for hydroxylation is 1. The maximum Gasteiger partial charge on any atom is 0.319 e. The number of benzene rings is 1. The zero-order valence-electron chi connectivity index (χ0n) is 15.3. The van der Waals surface area contributed by atoms with Crippen molar-refractivity contribution in [1.82, 2.24) is 10.6 Å². The SMILES string of the molecule is CCC(C)NC(=O)c1ccc(NC(=O)NC2CCC(O)CC2)c(C)c1. The van der Waals surface area contributed by atoms with E-state index in [2.05, 4.69) is 16.0 Å². The summed E-state index contributed by atoms with van der Waals surface area (Å²) in [4.78, 5) is 24.3. The van der Waals surface area contributed by atoms with Crippen molar-refractivity contribution < 1.29 is 14.7 Å². The molecule has 25 heavy (non-hydrogen) atoms. The first-order valence-electron chi connectivity index (χ1n) is 9.06. The van der Waals surface area contributed by atoms with Crippen LogP contribution in [-0.2, 0) is 0 Å². The molecular formula is C19H29N3O3. The fraction of sp³-hybridized carbons (Fsp3) is 0.579. The highest BCUT2D eigenvalue weighted by Crippen LogP contribution is 2.20. The standard InChI is InChI=1S/C19H29N3O3/c1-4-13(3)20-18(24)14-5-10-17(12(2)11-14)22-19(25)21-15-6-8-16(23)9-7-15/h5,10-11,13,15-16,23H,4,6-9H2,1-3H3,(H,20,24)(H2,21,22,25). The molecule has 0 aliphatic heterocycles. The van der Waals surface area contributed by atoms with Gasteiger partial charge < -0.3 is 21.1 Å². The molecule has 0 aromatic heterocycles. The van der Waals surface area contributed by atoms with Crippen LogP contribution in [0.5, 0.6) is 0 Å². The monoisotopic (exact) mass is 347 g/mol. The Morgan fingerprint density at radius 1 is 1.24 bits per heavy atom. The Balaban J connectivity index is 1.91. The summed E-state index contributed by atoms with van der Waals surface area (Å²) in [5.74, 6) is -0.103. The Morgan fingerprint density at radius 3 is 2.52 bits per heavy atom. The van der Waals surface area contributed by atoms with E-state index >= 15 is 0 Å². The summed E-state index contributed by atoms with van der Waals surface area (Å²) in [6, 6.07) is 5.24. The van der Waals surface area contributed by atoms with Gasteiger partial charge in [0.15, 0.2) is 0 Å². The van der Waals surface area contributed by atoms with Gasteiger partial charge in [-0.25, -0.2) is 4.79 Å². The summed E-state index contributed by atoms with van der Waals surface area (Å²) in [6.45, 7) is 5.86. The number of carbonyl (C=O) groups excluding carboxylic acids is 2. The summed E-state index contributed by atoms with van der Waals surface area (Å²) in [5.41, 5.74) is 2.12. The van der Waals surface area contributed by atoms with Crippen molar-refractivity contribution in [3.05, 3.63) is 29.3 Å². The average Bonchev–Trinajstić information content (AvgIpc) is 2.58. The van der Waals surface area contributed by atoms with E-state index in [9.17, 15) is 14.7 Å². The summed E-state index contributed by atoms with van der Waals surface area (Å²) in [5, 5.41) is 18.2. The minimum Gasteiger partial charge on any atom is -0.393 e. The molecule has 0 heterocycles. The third-order valence-electron chi connectivity index (χ3n) is 4.76. The predicted molar refractivity (Wildman–Crippen MR) is 98.8 cm³/mol. The highest BCUT2D eigenvalue weighted by atomic mass is 16.3. The van der Waals surface area contributed by atoms with E-state index in [1.165, 1.54) is 0 Å². The first kappa shape index (κ1) is 19.2. The van der Waals surface area contributed by atoms with E-state index in [0.29, 0.717) is 11.3 Å². The number of urea groups is 1. The van der Waals surface area contributed by atoms with E-state index in [4.69, 9.17) is 0 Å². The van der Waals surface area contributed by atoms with Crippen molar-refractivity contribution in [2.75, 3.05) is 5.32 Å². The van der Waals surface area contributed by atoms with Crippen molar-refractivity contribution in [1.29, 1.82) is 0 Å². The third-order valence-corrected chi connectivity index (χ3v) is 4.76. The van der Waals surface area contributed by atoms with Crippen LogP contribution in [0, 0.1) is 6.92 Å². The molecule has 1 saturated carbocycles. The fourth-order valence-corrected chi connectivity index (χ4v) is 2.92. The van der Waals surface area contributed by atoms with Crippen LogP contribution in [-0.4, -0.2) is 35.2 Å². The van der Waals surface area contributed by atoms with Crippen molar-refractivity contribution in [2.24, 2.45) is 0 Å². The van der Waals surface area contributed by atoms with Gasteiger partial charge in [-0.1, -0.05) is 6.92 Å². The molecule has 138 valence electrons. The fourth-order valence-electron chi connectivity index (χ4n) is 2.92. The minimum atomic E-state index is -0.249. The normalized spacial score (nSPS) is 21.3. The van der Waals surface area contributed by atoms with Crippen LogP contribution in [0.1, 0.15) is 61.9 Å². The van der Waals surface area contributed by atoms with Gasteiger partial charge in [0.25, 0.3) is 5.91 Å². The number of hydrogen-bond acceptors (Lipinski definition) is 3. The van der Waals surface area contributed by atoms with E-state index in [1.807, 2.05) is 20.8 Å². The molecule has 1 aliphatic carbocycles. The molecule has 1 unspecified atom stereocenters. The predicted octanol–water partition coefficient (Wildman–Crippen LogP) is 2.95. The summed E-state index contributed by atoms with van der Waals surface area (Å²) >= 11 is 0. The lowest BCUT2D eigenvalue weighted by Gasteiger charge is -2.26. The maximum absolute atomic E-state index is 12.2. The molecule has 1 aliphatic rings. The first-order chi connectivity index (χ1) is 11.9. The zero-order chi connectivity index (χ0) is 18.4. The van der Waals surface area contributed by atoms with Gasteiger partial charge in [-0.3, -0.25) is 4.79 Å². The van der Waals surface area contributed by atoms with E-state index in [0.717, 1.165) is 37.7 Å². The van der Waals surface area contributed by atoms with E-state index in [-0.39, 0.29) is 30.1 Å². The molecule has 0 radical (unpaired) electrons. The van der Waals surface area contributed by atoms with Crippen molar-refractivity contribution in [3.8, 4) is 0 Å². The van der Waals surface area contributed by atoms with Crippen LogP contribution in [0.2, 0.25) is 0 Å². The lowest BCUT2D eigenvalue weighted by Crippen LogP contribution is -2.41. The summed E-state index contributed by atoms with van der Waals surface area (Å²) in [6.07, 6.45) is 3.68. The Labute approximate surface area is 149 Å². The summed E-state index contributed by atoms with van der Waals surface area (Å²) < 4.78 is 0. The number of amides is 3. The van der Waals surface area contributed by atoms with Crippen LogP contribution in [0.4, 0.5) is 10.5 Å². The van der Waals surface area contributed by atoms with E-state index < -0.39 is 0 Å². The first-order valence-corrected chi connectivity index (χ1v) is 9.06. The number of anilines is 1. The topological polar surface area (TPSA) is 90.5 Å². The van der Waals surface area contributed by atoms with Crippen LogP contribution in [0.25, 0.3) is 0 Å². The molecule has 0 saturated heterocycles. The van der Waals surface area contributed by atoms with Gasteiger partial charge >= 0.3 is 6.03 Å². The van der Waals surface area contributed by atoms with Gasteiger partial charge in [0.05, 0.1) is 6.10 Å². The second-order valence-electron chi connectivity index (χ2n) is 6.92. The Morgan fingerprint density at radius 2 is 1.92 bits per heavy atom. The second kappa shape index (κ2) is 8.85. The second-order valence-corrected chi connectivity index (χ2v) is 6.92. The molecule has 0 bridgehead atoms. The highest BCUT2D eigenvalue weighted by molar-refractivity contribution is 5.96. The molecule has 1 aromatic carbocycles. The Kier molecular flexibility index (Phi) is 6.82. The van der Waals surface area contributed by atoms with Gasteiger partial charge in [-0.05, 0) is 69.7 Å². The lowest BCUT2D eigenvalue weighted by molar-refractivity contribution is 0.0939. The van der Waals surface area contributed by atoms with Crippen LogP contribution in [0.3, 0.4) is 0 Å². The molecule has 6 heteroatoms. The molecular weight excluding hydrogens is 318 g/mol. The van der Waals surface area contributed by atoms with Gasteiger partial charge in [-0.15, -0.1) is 0 Å². The zero-order valence-corrected chi connectivity index (χ0v) is 15.3. The number of rotatable bonds is 5. The quantitative estimate of drug-likeness (QED) is 0.660. The number of carbonyl (C=O) groups is 2. The minimum absolute atomic E-state index is 0.101. The van der Waals surface area contributed by atoms with Crippen LogP contribution < -0.4 is 16.0 Å². The highest BCUT2D eigenvalue weighted by Gasteiger charge is 2.21. The smallest absolute Gasteiger partial charge is 0.319 e. The average molecular weight is 347 g/mol. The molecule has 6 nitrogen and oxygen atoms in total. The number of aliphatic hydroxyl groups is 1. The maximum atomic E-state index is 12.2. The van der Waals surface area contributed by atoms with Gasteiger partial charge in [0.1, 0.15) is 0 Å². The Hall–Kier alpha value is -2.08. The third kappa shape index (κ3) is 5.74. The number of nitrogens with one attached hydrogen (secondary N) is 3. The van der Waals surface area contributed by atoms with Gasteiger partial charge in [-0.2, -0.15) is 0 Å². The van der Waals surface area contributed by atoms with Gasteiger partial charge in [0, 0.05) is 23.3 Å². The number of aliphatic hydroxyl groups excluding tert-OH is 1. The van der Waals surface area contributed by atoms with Crippen LogP contribution in [0.15, 0.2) is 18.2 Å². The molecule has 0 spiro atoms. The van der Waals surface area contributed by atoms with Crippen molar-refractivity contribution in [2.45, 2.75) is 71.1 Å². The van der Waals surface area contributed by atoms with Crippen molar-refractivity contribution >= 4 is 17.6 Å². The molecule has 1 fully saturated rings. The van der Waals surface area contributed by atoms with E-state index in [1.54, 1.807) is 18.2 Å². The van der Waals surface area contributed by atoms with Crippen LogP contribution >= 0.6 is 0 Å². The van der Waals surface area contributed by atoms with Crippen molar-refractivity contribution in [3.63, 3.8) is 0 Å². The van der Waals surface area contributed by atoms with Gasteiger partial charge in [0.2, 0.25) is 0 Å². The Bertz CT molecular complexity index is 610. The largest absolute Gasteiger partial charge is 0.393 e.